The van der Waals surface area contributed by atoms with Crippen LogP contribution in [-0.2, 0) is 9.53 Å². The van der Waals surface area contributed by atoms with Crippen LogP contribution >= 0.6 is 0 Å². The van der Waals surface area contributed by atoms with Crippen LogP contribution in [0.2, 0.25) is 0 Å². The predicted molar refractivity (Wildman–Crippen MR) is 109 cm³/mol. The van der Waals surface area contributed by atoms with Gasteiger partial charge in [-0.15, -0.1) is 0 Å². The molecule has 164 valence electrons. The van der Waals surface area contributed by atoms with Crippen LogP contribution in [0.15, 0.2) is 18.2 Å². The number of alkyl halides is 1. The van der Waals surface area contributed by atoms with E-state index in [0.29, 0.717) is 30.4 Å². The van der Waals surface area contributed by atoms with Gasteiger partial charge in [-0.2, -0.15) is 0 Å². The van der Waals surface area contributed by atoms with Crippen molar-refractivity contribution in [1.29, 1.82) is 0 Å². The molecule has 7 nitrogen and oxygen atoms in total. The first kappa shape index (κ1) is 20.8. The van der Waals surface area contributed by atoms with Gasteiger partial charge in [-0.25, -0.2) is 13.6 Å². The average Bonchev–Trinajstić information content (AvgIpc) is 3.30. The Morgan fingerprint density at radius 3 is 2.87 bits per heavy atom. The number of carbonyl (C=O) groups excluding carboxylic acids is 2. The minimum Gasteiger partial charge on any atom is -0.442 e. The van der Waals surface area contributed by atoms with Gasteiger partial charge in [-0.3, -0.25) is 14.6 Å². The Hall–Kier alpha value is -2.42. The zero-order valence-electron chi connectivity index (χ0n) is 17.2. The number of anilines is 2. The highest BCUT2D eigenvalue weighted by atomic mass is 19.1. The van der Waals surface area contributed by atoms with E-state index in [2.05, 4.69) is 10.2 Å². The minimum atomic E-state index is -0.549. The first-order chi connectivity index (χ1) is 14.5. The smallest absolute Gasteiger partial charge is 0.414 e. The van der Waals surface area contributed by atoms with E-state index in [4.69, 9.17) is 4.74 Å². The fourth-order valence-corrected chi connectivity index (χ4v) is 4.87. The summed E-state index contributed by atoms with van der Waals surface area (Å²) >= 11 is 0. The summed E-state index contributed by atoms with van der Waals surface area (Å²) < 4.78 is 33.1. The maximum Gasteiger partial charge on any atom is 0.414 e. The number of rotatable bonds is 6. The predicted octanol–water partition coefficient (Wildman–Crippen LogP) is 2.16. The summed E-state index contributed by atoms with van der Waals surface area (Å²) in [5.41, 5.74) is 0.943. The van der Waals surface area contributed by atoms with Crippen LogP contribution in [0.4, 0.5) is 25.0 Å². The number of cyclic esters (lactones) is 1. The lowest BCUT2D eigenvalue weighted by Gasteiger charge is -2.36. The summed E-state index contributed by atoms with van der Waals surface area (Å²) in [6.07, 6.45) is 1.12. The number of carbonyl (C=O) groups is 2. The monoisotopic (exact) mass is 422 g/mol. The lowest BCUT2D eigenvalue weighted by Crippen LogP contribution is -2.46. The summed E-state index contributed by atoms with van der Waals surface area (Å²) in [4.78, 5) is 28.8. The second kappa shape index (κ2) is 8.75. The van der Waals surface area contributed by atoms with Crippen LogP contribution in [0, 0.1) is 11.7 Å². The number of likely N-dealkylation sites (tertiary alicyclic amines) is 1. The van der Waals surface area contributed by atoms with Crippen molar-refractivity contribution in [3.8, 4) is 0 Å². The van der Waals surface area contributed by atoms with Crippen LogP contribution < -0.4 is 15.1 Å². The number of hydrogen-bond acceptors (Lipinski definition) is 5. The van der Waals surface area contributed by atoms with Gasteiger partial charge in [-0.1, -0.05) is 0 Å². The third kappa shape index (κ3) is 4.21. The van der Waals surface area contributed by atoms with E-state index in [1.807, 2.05) is 4.90 Å². The maximum atomic E-state index is 15.0. The molecule has 3 aliphatic rings. The lowest BCUT2D eigenvalue weighted by molar-refractivity contribution is -0.119. The quantitative estimate of drug-likeness (QED) is 0.761. The number of hydrogen-bond donors (Lipinski definition) is 1. The third-order valence-corrected chi connectivity index (χ3v) is 6.30. The molecule has 0 unspecified atom stereocenters. The van der Waals surface area contributed by atoms with Crippen molar-refractivity contribution in [2.45, 2.75) is 31.9 Å². The Morgan fingerprint density at radius 2 is 2.13 bits per heavy atom. The Kier molecular flexibility index (Phi) is 6.08. The van der Waals surface area contributed by atoms with Gasteiger partial charge in [0.15, 0.2) is 0 Å². The molecule has 1 N–H and O–H groups in total. The molecule has 9 heteroatoms. The van der Waals surface area contributed by atoms with E-state index in [0.717, 1.165) is 25.9 Å². The molecule has 0 bridgehead atoms. The number of fused-ring (bicyclic) bond motifs is 1. The fraction of sp³-hybridized carbons (Fsp3) is 0.619. The Morgan fingerprint density at radius 1 is 1.30 bits per heavy atom. The Bertz CT molecular complexity index is 806. The average molecular weight is 422 g/mol. The molecule has 3 aliphatic heterocycles. The SMILES string of the molecule is CC(=O)NC[C@H]1CN(c2ccc(N3C[C@H]4CCCN(CCF)[C@H]4C3)c(F)c2)C(=O)O1. The van der Waals surface area contributed by atoms with Gasteiger partial charge in [0, 0.05) is 32.6 Å². The number of piperidine rings is 1. The van der Waals surface area contributed by atoms with Gasteiger partial charge in [-0.05, 0) is 43.5 Å². The van der Waals surface area contributed by atoms with Gasteiger partial charge in [0.05, 0.1) is 24.5 Å². The molecule has 4 rings (SSSR count). The number of halogens is 2. The van der Waals surface area contributed by atoms with Crippen molar-refractivity contribution in [1.82, 2.24) is 10.2 Å². The summed E-state index contributed by atoms with van der Waals surface area (Å²) in [5.74, 6) is -0.162. The molecule has 2 amide bonds. The number of ether oxygens (including phenoxy) is 1. The largest absolute Gasteiger partial charge is 0.442 e. The Balaban J connectivity index is 1.44. The molecule has 3 heterocycles. The third-order valence-electron chi connectivity index (χ3n) is 6.30. The topological polar surface area (TPSA) is 65.1 Å². The van der Waals surface area contributed by atoms with E-state index in [-0.39, 0.29) is 37.5 Å². The zero-order chi connectivity index (χ0) is 21.3. The Labute approximate surface area is 174 Å². The van der Waals surface area contributed by atoms with Crippen molar-refractivity contribution < 1.29 is 23.1 Å². The van der Waals surface area contributed by atoms with E-state index >= 15 is 4.39 Å². The normalized spacial score (nSPS) is 26.6. The maximum absolute atomic E-state index is 15.0. The number of nitrogens with one attached hydrogen (secondary N) is 1. The zero-order valence-corrected chi connectivity index (χ0v) is 17.2. The molecule has 0 spiro atoms. The summed E-state index contributed by atoms with van der Waals surface area (Å²) in [6, 6.07) is 5.05. The van der Waals surface area contributed by atoms with Crippen molar-refractivity contribution in [2.75, 3.05) is 55.7 Å². The number of amides is 2. The van der Waals surface area contributed by atoms with Gasteiger partial charge < -0.3 is 15.0 Å². The first-order valence-electron chi connectivity index (χ1n) is 10.5. The molecule has 1 aromatic carbocycles. The molecule has 0 radical (unpaired) electrons. The highest BCUT2D eigenvalue weighted by Gasteiger charge is 2.40. The van der Waals surface area contributed by atoms with Gasteiger partial charge in [0.25, 0.3) is 0 Å². The highest BCUT2D eigenvalue weighted by Crippen LogP contribution is 2.35. The van der Waals surface area contributed by atoms with Crippen LogP contribution in [-0.4, -0.2) is 75.0 Å². The summed E-state index contributed by atoms with van der Waals surface area (Å²) in [7, 11) is 0. The van der Waals surface area contributed by atoms with Crippen LogP contribution in [0.25, 0.3) is 0 Å². The first-order valence-corrected chi connectivity index (χ1v) is 10.5. The van der Waals surface area contributed by atoms with E-state index in [1.54, 1.807) is 12.1 Å². The molecule has 0 aliphatic carbocycles. The van der Waals surface area contributed by atoms with Crippen LogP contribution in [0.3, 0.4) is 0 Å². The van der Waals surface area contributed by atoms with Gasteiger partial charge in [0.1, 0.15) is 18.6 Å². The fourth-order valence-electron chi connectivity index (χ4n) is 4.87. The van der Waals surface area contributed by atoms with Crippen LogP contribution in [0.5, 0.6) is 0 Å². The van der Waals surface area contributed by atoms with Crippen LogP contribution in [0.1, 0.15) is 19.8 Å². The summed E-state index contributed by atoms with van der Waals surface area (Å²) in [5, 5.41) is 2.62. The molecule has 3 atom stereocenters. The molecule has 3 saturated heterocycles. The molecule has 3 fully saturated rings. The minimum absolute atomic E-state index is 0.198. The van der Waals surface area contributed by atoms with Crippen molar-refractivity contribution >= 4 is 23.4 Å². The number of benzene rings is 1. The summed E-state index contributed by atoms with van der Waals surface area (Å²) in [6.45, 7) is 4.30. The standard InChI is InChI=1S/C21H28F2N4O3/c1-14(28)24-10-17-12-27(21(29)30-17)16-4-5-19(18(23)9-16)26-11-15-3-2-7-25(8-6-22)20(15)13-26/h4-5,9,15,17,20H,2-3,6-8,10-13H2,1H3,(H,24,28)/t15-,17+,20+/m1/s1. The molecule has 0 saturated carbocycles. The van der Waals surface area contributed by atoms with E-state index in [1.165, 1.54) is 17.9 Å². The molecule has 30 heavy (non-hydrogen) atoms. The molecule has 1 aromatic rings. The van der Waals surface area contributed by atoms with Crippen molar-refractivity contribution in [3.63, 3.8) is 0 Å². The lowest BCUT2D eigenvalue weighted by atomic mass is 9.92. The highest BCUT2D eigenvalue weighted by molar-refractivity contribution is 5.90. The second-order valence-corrected chi connectivity index (χ2v) is 8.29. The van der Waals surface area contributed by atoms with Gasteiger partial charge >= 0.3 is 6.09 Å². The van der Waals surface area contributed by atoms with E-state index in [9.17, 15) is 14.0 Å². The second-order valence-electron chi connectivity index (χ2n) is 8.29. The number of nitrogens with zero attached hydrogens (tertiary/aromatic N) is 3. The molecular formula is C21H28F2N4O3. The van der Waals surface area contributed by atoms with Crippen molar-refractivity contribution in [3.05, 3.63) is 24.0 Å². The van der Waals surface area contributed by atoms with E-state index < -0.39 is 12.2 Å². The molecule has 0 aromatic heterocycles. The van der Waals surface area contributed by atoms with Gasteiger partial charge in [0.2, 0.25) is 5.91 Å². The molecular weight excluding hydrogens is 394 g/mol. The van der Waals surface area contributed by atoms with Crippen molar-refractivity contribution in [2.24, 2.45) is 5.92 Å².